The van der Waals surface area contributed by atoms with Crippen molar-refractivity contribution < 1.29 is 9.53 Å². The monoisotopic (exact) mass is 317 g/mol. The van der Waals surface area contributed by atoms with Crippen LogP contribution in [0.2, 0.25) is 0 Å². The Labute approximate surface area is 138 Å². The van der Waals surface area contributed by atoms with Gasteiger partial charge in [0.1, 0.15) is 0 Å². The van der Waals surface area contributed by atoms with Gasteiger partial charge in [0.15, 0.2) is 0 Å². The lowest BCUT2D eigenvalue weighted by atomic mass is 10.0. The molecule has 0 spiro atoms. The topological polar surface area (TPSA) is 53.6 Å². The van der Waals surface area contributed by atoms with Crippen molar-refractivity contribution in [1.82, 2.24) is 15.5 Å². The van der Waals surface area contributed by atoms with Gasteiger partial charge < -0.3 is 20.3 Å². The number of rotatable bonds is 6. The second kappa shape index (κ2) is 7.90. The zero-order chi connectivity index (χ0) is 16.1. The van der Waals surface area contributed by atoms with Crippen LogP contribution in [0.5, 0.6) is 0 Å². The molecule has 23 heavy (non-hydrogen) atoms. The first-order valence-corrected chi connectivity index (χ1v) is 8.69. The first kappa shape index (κ1) is 16.4. The van der Waals surface area contributed by atoms with Crippen molar-refractivity contribution in [1.29, 1.82) is 0 Å². The smallest absolute Gasteiger partial charge is 0.225 e. The van der Waals surface area contributed by atoms with Gasteiger partial charge >= 0.3 is 0 Å². The molecule has 2 N–H and O–H groups in total. The van der Waals surface area contributed by atoms with Crippen LogP contribution >= 0.6 is 0 Å². The number of hydrogen-bond acceptors (Lipinski definition) is 4. The molecule has 5 nitrogen and oxygen atoms in total. The van der Waals surface area contributed by atoms with Crippen molar-refractivity contribution >= 4 is 5.91 Å². The van der Waals surface area contributed by atoms with Crippen molar-refractivity contribution in [2.45, 2.75) is 31.9 Å². The number of piperazine rings is 1. The van der Waals surface area contributed by atoms with Crippen LogP contribution in [0.1, 0.15) is 30.5 Å². The highest BCUT2D eigenvalue weighted by atomic mass is 16.5. The van der Waals surface area contributed by atoms with Crippen molar-refractivity contribution in [3.05, 3.63) is 35.4 Å². The minimum Gasteiger partial charge on any atom is -0.375 e. The summed E-state index contributed by atoms with van der Waals surface area (Å²) in [5.41, 5.74) is 2.55. The van der Waals surface area contributed by atoms with Crippen LogP contribution in [0.4, 0.5) is 0 Å². The maximum absolute atomic E-state index is 12.6. The van der Waals surface area contributed by atoms with E-state index in [1.165, 1.54) is 11.1 Å². The van der Waals surface area contributed by atoms with Gasteiger partial charge in [-0.15, -0.1) is 0 Å². The molecule has 2 aliphatic rings. The maximum atomic E-state index is 12.6. The van der Waals surface area contributed by atoms with E-state index in [9.17, 15) is 4.79 Å². The summed E-state index contributed by atoms with van der Waals surface area (Å²) in [6.45, 7) is 6.96. The SMILES string of the molecule is CCc1ccc(C2CNCCN2C(=O)CCOC2CNC2)cc1. The molecule has 0 aromatic heterocycles. The highest BCUT2D eigenvalue weighted by Gasteiger charge is 2.28. The highest BCUT2D eigenvalue weighted by Crippen LogP contribution is 2.23. The molecule has 2 heterocycles. The average Bonchev–Trinajstić information content (AvgIpc) is 2.57. The van der Waals surface area contributed by atoms with E-state index in [1.54, 1.807) is 0 Å². The molecule has 2 aliphatic heterocycles. The van der Waals surface area contributed by atoms with Crippen LogP contribution in [-0.2, 0) is 16.0 Å². The number of carbonyl (C=O) groups excluding carboxylic acids is 1. The molecule has 2 fully saturated rings. The lowest BCUT2D eigenvalue weighted by Gasteiger charge is -2.37. The molecule has 1 aromatic rings. The molecule has 1 amide bonds. The van der Waals surface area contributed by atoms with E-state index in [4.69, 9.17) is 4.74 Å². The number of aryl methyl sites for hydroxylation is 1. The summed E-state index contributed by atoms with van der Waals surface area (Å²) in [4.78, 5) is 14.6. The number of nitrogens with zero attached hydrogens (tertiary/aromatic N) is 1. The van der Waals surface area contributed by atoms with E-state index in [2.05, 4.69) is 41.8 Å². The van der Waals surface area contributed by atoms with Crippen molar-refractivity contribution in [3.63, 3.8) is 0 Å². The third kappa shape index (κ3) is 4.10. The van der Waals surface area contributed by atoms with Crippen LogP contribution in [0.3, 0.4) is 0 Å². The van der Waals surface area contributed by atoms with Crippen molar-refractivity contribution in [2.75, 3.05) is 39.3 Å². The number of hydrogen-bond donors (Lipinski definition) is 2. The van der Waals surface area contributed by atoms with E-state index < -0.39 is 0 Å². The molecule has 0 radical (unpaired) electrons. The molecule has 2 saturated heterocycles. The Balaban J connectivity index is 1.58. The second-order valence-electron chi connectivity index (χ2n) is 6.30. The van der Waals surface area contributed by atoms with Gasteiger partial charge in [-0.3, -0.25) is 4.79 Å². The average molecular weight is 317 g/mol. The first-order valence-electron chi connectivity index (χ1n) is 8.69. The molecule has 0 saturated carbocycles. The number of amides is 1. The zero-order valence-electron chi connectivity index (χ0n) is 13.9. The fraction of sp³-hybridized carbons (Fsp3) is 0.611. The van der Waals surface area contributed by atoms with Gasteiger partial charge in [-0.25, -0.2) is 0 Å². The molecule has 0 bridgehead atoms. The van der Waals surface area contributed by atoms with Crippen LogP contribution in [0.25, 0.3) is 0 Å². The molecule has 1 unspecified atom stereocenters. The highest BCUT2D eigenvalue weighted by molar-refractivity contribution is 5.77. The number of ether oxygens (including phenoxy) is 1. The fourth-order valence-corrected chi connectivity index (χ4v) is 3.11. The zero-order valence-corrected chi connectivity index (χ0v) is 13.9. The van der Waals surface area contributed by atoms with Crippen LogP contribution < -0.4 is 10.6 Å². The summed E-state index contributed by atoms with van der Waals surface area (Å²) >= 11 is 0. The Bertz CT molecular complexity index is 514. The molecule has 5 heteroatoms. The molecule has 126 valence electrons. The van der Waals surface area contributed by atoms with Crippen LogP contribution in [0, 0.1) is 0 Å². The molecule has 1 atom stereocenters. The Morgan fingerprint density at radius 3 is 2.65 bits per heavy atom. The molecule has 3 rings (SSSR count). The predicted molar refractivity (Wildman–Crippen MR) is 90.4 cm³/mol. The minimum absolute atomic E-state index is 0.132. The van der Waals surface area contributed by atoms with Crippen molar-refractivity contribution in [3.8, 4) is 0 Å². The van der Waals surface area contributed by atoms with Gasteiger partial charge in [-0.2, -0.15) is 0 Å². The lowest BCUT2D eigenvalue weighted by molar-refractivity contribution is -0.136. The molecular weight excluding hydrogens is 290 g/mol. The van der Waals surface area contributed by atoms with Gasteiger partial charge in [0.05, 0.1) is 25.2 Å². The summed E-state index contributed by atoms with van der Waals surface area (Å²) in [5.74, 6) is 0.198. The fourth-order valence-electron chi connectivity index (χ4n) is 3.11. The lowest BCUT2D eigenvalue weighted by Crippen LogP contribution is -2.50. The number of nitrogens with one attached hydrogen (secondary N) is 2. The quantitative estimate of drug-likeness (QED) is 0.825. The van der Waals surface area contributed by atoms with E-state index in [0.29, 0.717) is 19.1 Å². The summed E-state index contributed by atoms with van der Waals surface area (Å²) < 4.78 is 5.69. The predicted octanol–water partition coefficient (Wildman–Crippen LogP) is 1.10. The van der Waals surface area contributed by atoms with Crippen LogP contribution in [-0.4, -0.2) is 56.2 Å². The summed E-state index contributed by atoms with van der Waals surface area (Å²) in [6.07, 6.45) is 1.81. The molecular formula is C18H27N3O2. The van der Waals surface area contributed by atoms with E-state index in [-0.39, 0.29) is 11.9 Å². The van der Waals surface area contributed by atoms with E-state index in [1.807, 2.05) is 4.90 Å². The van der Waals surface area contributed by atoms with Crippen molar-refractivity contribution in [2.24, 2.45) is 0 Å². The largest absolute Gasteiger partial charge is 0.375 e. The minimum atomic E-state index is 0.132. The Hall–Kier alpha value is -1.43. The van der Waals surface area contributed by atoms with Gasteiger partial charge in [0.25, 0.3) is 0 Å². The first-order chi connectivity index (χ1) is 11.3. The van der Waals surface area contributed by atoms with Gasteiger partial charge in [-0.1, -0.05) is 31.2 Å². The molecule has 1 aromatic carbocycles. The van der Waals surface area contributed by atoms with E-state index >= 15 is 0 Å². The Kier molecular flexibility index (Phi) is 5.65. The Morgan fingerprint density at radius 2 is 2.00 bits per heavy atom. The third-order valence-corrected chi connectivity index (χ3v) is 4.75. The molecule has 0 aliphatic carbocycles. The normalized spacial score (nSPS) is 22.0. The van der Waals surface area contributed by atoms with Crippen LogP contribution in [0.15, 0.2) is 24.3 Å². The van der Waals surface area contributed by atoms with Gasteiger partial charge in [0.2, 0.25) is 5.91 Å². The van der Waals surface area contributed by atoms with Gasteiger partial charge in [0, 0.05) is 32.7 Å². The number of carbonyl (C=O) groups is 1. The maximum Gasteiger partial charge on any atom is 0.225 e. The van der Waals surface area contributed by atoms with Gasteiger partial charge in [-0.05, 0) is 17.5 Å². The Morgan fingerprint density at radius 1 is 1.22 bits per heavy atom. The second-order valence-corrected chi connectivity index (χ2v) is 6.30. The summed E-state index contributed by atoms with van der Waals surface area (Å²) in [5, 5.41) is 6.58. The standard InChI is InChI=1S/C18H27N3O2/c1-2-14-3-5-15(6-4-14)17-13-19-8-9-21(17)18(22)7-10-23-16-11-20-12-16/h3-6,16-17,19-20H,2,7-13H2,1H3. The third-order valence-electron chi connectivity index (χ3n) is 4.75. The summed E-state index contributed by atoms with van der Waals surface area (Å²) in [6, 6.07) is 8.78. The number of benzene rings is 1. The van der Waals surface area contributed by atoms with E-state index in [0.717, 1.165) is 39.1 Å². The summed E-state index contributed by atoms with van der Waals surface area (Å²) in [7, 11) is 0.